The minimum Gasteiger partial charge on any atom is -0.493 e. The van der Waals surface area contributed by atoms with Crippen molar-refractivity contribution in [1.82, 2.24) is 10.3 Å². The average Bonchev–Trinajstić information content (AvgIpc) is 2.84. The van der Waals surface area contributed by atoms with Crippen LogP contribution in [0.5, 0.6) is 11.5 Å². The summed E-state index contributed by atoms with van der Waals surface area (Å²) in [5.41, 5.74) is 2.05. The Balaban J connectivity index is 1.61. The maximum absolute atomic E-state index is 12.7. The Bertz CT molecular complexity index is 1010. The van der Waals surface area contributed by atoms with Gasteiger partial charge in [0.1, 0.15) is 12.1 Å². The van der Waals surface area contributed by atoms with Crippen molar-refractivity contribution in [3.63, 3.8) is 0 Å². The van der Waals surface area contributed by atoms with Crippen molar-refractivity contribution < 1.29 is 28.6 Å². The fourth-order valence-corrected chi connectivity index (χ4v) is 4.14. The van der Waals surface area contributed by atoms with E-state index >= 15 is 0 Å². The first-order valence-corrected chi connectivity index (χ1v) is 11.6. The van der Waals surface area contributed by atoms with E-state index in [4.69, 9.17) is 14.2 Å². The van der Waals surface area contributed by atoms with E-state index in [-0.39, 0.29) is 17.2 Å². The molecule has 182 valence electrons. The molecule has 34 heavy (non-hydrogen) atoms. The van der Waals surface area contributed by atoms with Crippen LogP contribution in [0.1, 0.15) is 86.5 Å². The lowest BCUT2D eigenvalue weighted by molar-refractivity contribution is -0.150. The highest BCUT2D eigenvalue weighted by atomic mass is 16.6. The molecule has 1 saturated carbocycles. The summed E-state index contributed by atoms with van der Waals surface area (Å²) in [4.78, 5) is 40.8. The van der Waals surface area contributed by atoms with Crippen LogP contribution in [0.15, 0.2) is 36.5 Å². The Morgan fingerprint density at radius 3 is 2.32 bits per heavy atom. The molecule has 0 radical (unpaired) electrons. The van der Waals surface area contributed by atoms with Gasteiger partial charge < -0.3 is 19.5 Å². The van der Waals surface area contributed by atoms with E-state index in [9.17, 15) is 14.4 Å². The average molecular weight is 469 g/mol. The van der Waals surface area contributed by atoms with Crippen molar-refractivity contribution in [2.45, 2.75) is 70.9 Å². The second-order valence-corrected chi connectivity index (χ2v) is 8.56. The van der Waals surface area contributed by atoms with E-state index in [2.05, 4.69) is 22.4 Å². The van der Waals surface area contributed by atoms with Crippen molar-refractivity contribution in [3.05, 3.63) is 53.3 Å². The molecule has 1 aliphatic carbocycles. The number of ether oxygens (including phenoxy) is 3. The number of methoxy groups -OCH3 is 1. The molecule has 2 aromatic rings. The molecule has 8 heteroatoms. The Morgan fingerprint density at radius 1 is 1.03 bits per heavy atom. The van der Waals surface area contributed by atoms with Gasteiger partial charge in [-0.1, -0.05) is 43.5 Å². The summed E-state index contributed by atoms with van der Waals surface area (Å²) in [7, 11) is 1.38. The fraction of sp³-hybridized carbons (Fsp3) is 0.462. The number of esters is 2. The zero-order valence-electron chi connectivity index (χ0n) is 20.1. The van der Waals surface area contributed by atoms with Gasteiger partial charge in [0.25, 0.3) is 5.91 Å². The first-order chi connectivity index (χ1) is 16.3. The van der Waals surface area contributed by atoms with Crippen LogP contribution in [0.3, 0.4) is 0 Å². The molecule has 1 aromatic carbocycles. The van der Waals surface area contributed by atoms with Crippen molar-refractivity contribution in [1.29, 1.82) is 0 Å². The van der Waals surface area contributed by atoms with Crippen molar-refractivity contribution in [3.8, 4) is 11.5 Å². The van der Waals surface area contributed by atoms with Crippen LogP contribution in [-0.2, 0) is 14.3 Å². The molecule has 0 saturated heterocycles. The molecule has 2 atom stereocenters. The summed E-state index contributed by atoms with van der Waals surface area (Å²) in [6.07, 6.45) is 7.19. The number of carbonyl (C=O) groups is 3. The van der Waals surface area contributed by atoms with Gasteiger partial charge in [0.05, 0.1) is 7.11 Å². The van der Waals surface area contributed by atoms with Gasteiger partial charge in [0.15, 0.2) is 11.4 Å². The van der Waals surface area contributed by atoms with E-state index in [1.54, 1.807) is 6.92 Å². The summed E-state index contributed by atoms with van der Waals surface area (Å²) >= 11 is 0. The number of amides is 1. The molecule has 1 fully saturated rings. The lowest BCUT2D eigenvalue weighted by Gasteiger charge is -2.23. The number of nitrogens with zero attached hydrogens (tertiary/aromatic N) is 1. The van der Waals surface area contributed by atoms with E-state index in [1.165, 1.54) is 70.9 Å². The molecule has 1 N–H and O–H groups in total. The molecule has 1 heterocycles. The molecular weight excluding hydrogens is 436 g/mol. The number of aromatic nitrogens is 1. The Labute approximate surface area is 200 Å². The normalized spacial score (nSPS) is 15.6. The van der Waals surface area contributed by atoms with Gasteiger partial charge >= 0.3 is 11.9 Å². The smallest absolute Gasteiger partial charge is 0.328 e. The van der Waals surface area contributed by atoms with Crippen molar-refractivity contribution in [2.75, 3.05) is 7.11 Å². The Kier molecular flexibility index (Phi) is 8.62. The summed E-state index contributed by atoms with van der Waals surface area (Å²) in [6.45, 7) is 4.52. The number of rotatable bonds is 8. The highest BCUT2D eigenvalue weighted by molar-refractivity contribution is 5.98. The maximum Gasteiger partial charge on any atom is 0.328 e. The van der Waals surface area contributed by atoms with Gasteiger partial charge in [-0.15, -0.1) is 0 Å². The van der Waals surface area contributed by atoms with E-state index in [0.717, 1.165) is 5.56 Å². The molecule has 8 nitrogen and oxygen atoms in total. The topological polar surface area (TPSA) is 104 Å². The monoisotopic (exact) mass is 468 g/mol. The predicted molar refractivity (Wildman–Crippen MR) is 126 cm³/mol. The summed E-state index contributed by atoms with van der Waals surface area (Å²) in [5, 5.41) is 2.55. The molecule has 0 spiro atoms. The van der Waals surface area contributed by atoms with Crippen LogP contribution in [-0.4, -0.2) is 36.0 Å². The quantitative estimate of drug-likeness (QED) is 0.570. The van der Waals surface area contributed by atoms with Crippen LogP contribution >= 0.6 is 0 Å². The number of pyridine rings is 1. The lowest BCUT2D eigenvalue weighted by atomic mass is 9.84. The number of carbonyl (C=O) groups excluding carboxylic acids is 3. The van der Waals surface area contributed by atoms with E-state index < -0.39 is 30.0 Å². The van der Waals surface area contributed by atoms with E-state index in [0.29, 0.717) is 5.92 Å². The number of hydrogen-bond acceptors (Lipinski definition) is 7. The van der Waals surface area contributed by atoms with Gasteiger partial charge in [-0.05, 0) is 43.7 Å². The SMILES string of the molecule is COc1ccnc(C(=O)N[C@@H](C)C(=O)O[C@@H](C)c2ccc(C3CCCCC3)cc2)c1OC(C)=O. The van der Waals surface area contributed by atoms with Gasteiger partial charge in [-0.25, -0.2) is 9.78 Å². The minimum absolute atomic E-state index is 0.109. The third kappa shape index (κ3) is 6.34. The molecule has 3 rings (SSSR count). The van der Waals surface area contributed by atoms with Gasteiger partial charge in [-0.2, -0.15) is 0 Å². The van der Waals surface area contributed by atoms with Crippen LogP contribution in [0.2, 0.25) is 0 Å². The van der Waals surface area contributed by atoms with Gasteiger partial charge in [0, 0.05) is 19.2 Å². The second kappa shape index (κ2) is 11.6. The first-order valence-electron chi connectivity index (χ1n) is 11.6. The molecule has 0 unspecified atom stereocenters. The summed E-state index contributed by atoms with van der Waals surface area (Å²) < 4.78 is 15.8. The van der Waals surface area contributed by atoms with Crippen molar-refractivity contribution in [2.24, 2.45) is 0 Å². The highest BCUT2D eigenvalue weighted by Gasteiger charge is 2.26. The standard InChI is InChI=1S/C26H32N2O6/c1-16(28-25(30)23-24(34-18(3)29)22(32-4)14-15-27-23)26(31)33-17(2)19-10-12-21(13-11-19)20-8-6-5-7-9-20/h10-17,20H,5-9H2,1-4H3,(H,28,30)/t16-,17-/m0/s1. The summed E-state index contributed by atoms with van der Waals surface area (Å²) in [5.74, 6) is -1.23. The van der Waals surface area contributed by atoms with Gasteiger partial charge in [0.2, 0.25) is 5.75 Å². The third-order valence-corrected chi connectivity index (χ3v) is 6.03. The minimum atomic E-state index is -0.949. The number of hydrogen-bond donors (Lipinski definition) is 1. The maximum atomic E-state index is 12.7. The molecule has 0 aliphatic heterocycles. The molecule has 1 aromatic heterocycles. The first kappa shape index (κ1) is 25.2. The predicted octanol–water partition coefficient (Wildman–Crippen LogP) is 4.49. The highest BCUT2D eigenvalue weighted by Crippen LogP contribution is 2.33. The van der Waals surface area contributed by atoms with Crippen LogP contribution in [0.4, 0.5) is 0 Å². The Morgan fingerprint density at radius 2 is 1.71 bits per heavy atom. The Hall–Kier alpha value is -3.42. The van der Waals surface area contributed by atoms with E-state index in [1.807, 2.05) is 12.1 Å². The number of benzene rings is 1. The zero-order chi connectivity index (χ0) is 24.7. The van der Waals surface area contributed by atoms with Crippen LogP contribution in [0, 0.1) is 0 Å². The lowest BCUT2D eigenvalue weighted by Crippen LogP contribution is -2.40. The van der Waals surface area contributed by atoms with Crippen LogP contribution < -0.4 is 14.8 Å². The number of nitrogens with one attached hydrogen (secondary N) is 1. The van der Waals surface area contributed by atoms with Crippen molar-refractivity contribution >= 4 is 17.8 Å². The summed E-state index contributed by atoms with van der Waals surface area (Å²) in [6, 6.07) is 8.74. The van der Waals surface area contributed by atoms with Gasteiger partial charge in [-0.3, -0.25) is 9.59 Å². The second-order valence-electron chi connectivity index (χ2n) is 8.56. The fourth-order valence-electron chi connectivity index (χ4n) is 4.14. The molecular formula is C26H32N2O6. The molecule has 0 bridgehead atoms. The van der Waals surface area contributed by atoms with Crippen LogP contribution in [0.25, 0.3) is 0 Å². The third-order valence-electron chi connectivity index (χ3n) is 6.03. The molecule has 1 amide bonds. The largest absolute Gasteiger partial charge is 0.493 e. The zero-order valence-corrected chi connectivity index (χ0v) is 20.1. The molecule has 1 aliphatic rings.